The fourth-order valence-corrected chi connectivity index (χ4v) is 4.10. The average molecular weight is 319 g/mol. The number of nitrogens with one attached hydrogen (secondary N) is 1. The van der Waals surface area contributed by atoms with Crippen molar-refractivity contribution in [3.63, 3.8) is 0 Å². The molecule has 0 aromatic carbocycles. The highest BCUT2D eigenvalue weighted by molar-refractivity contribution is 5.09. The van der Waals surface area contributed by atoms with Crippen LogP contribution >= 0.6 is 0 Å². The highest BCUT2D eigenvalue weighted by Gasteiger charge is 2.31. The van der Waals surface area contributed by atoms with Gasteiger partial charge in [0.25, 0.3) is 5.56 Å². The third kappa shape index (κ3) is 4.42. The summed E-state index contributed by atoms with van der Waals surface area (Å²) in [6, 6.07) is 1.67. The molecule has 0 radical (unpaired) electrons. The molecule has 1 atom stereocenters. The SMILES string of the molecule is Cc1nc(C2CCN(C[C@@H]3CCOC(C)(C)C3)CC2)cc(=O)[nH]1. The van der Waals surface area contributed by atoms with E-state index < -0.39 is 0 Å². The molecule has 0 amide bonds. The molecule has 2 saturated heterocycles. The van der Waals surface area contributed by atoms with E-state index in [-0.39, 0.29) is 11.2 Å². The maximum atomic E-state index is 11.6. The summed E-state index contributed by atoms with van der Waals surface area (Å²) in [4.78, 5) is 21.5. The van der Waals surface area contributed by atoms with Crippen molar-refractivity contribution in [1.29, 1.82) is 0 Å². The lowest BCUT2D eigenvalue weighted by Gasteiger charge is -2.39. The topological polar surface area (TPSA) is 58.2 Å². The standard InChI is InChI=1S/C18H29N3O2/c1-13-19-16(10-17(22)20-13)15-4-7-21(8-5-15)12-14-6-9-23-18(2,3)11-14/h10,14-15H,4-9,11-12H2,1-3H3,(H,19,20,22)/t14-/m1/s1. The Morgan fingerprint density at radius 1 is 1.35 bits per heavy atom. The number of likely N-dealkylation sites (tertiary alicyclic amines) is 1. The number of aromatic amines is 1. The molecule has 3 heterocycles. The monoisotopic (exact) mass is 319 g/mol. The number of rotatable bonds is 3. The second-order valence-electron chi connectivity index (χ2n) is 7.80. The number of ether oxygens (including phenoxy) is 1. The van der Waals surface area contributed by atoms with Crippen LogP contribution in [0.1, 0.15) is 57.0 Å². The van der Waals surface area contributed by atoms with E-state index in [2.05, 4.69) is 28.7 Å². The third-order valence-electron chi connectivity index (χ3n) is 5.20. The van der Waals surface area contributed by atoms with Crippen LogP contribution in [-0.2, 0) is 4.74 Å². The van der Waals surface area contributed by atoms with E-state index in [0.29, 0.717) is 5.92 Å². The summed E-state index contributed by atoms with van der Waals surface area (Å²) in [7, 11) is 0. The molecule has 5 nitrogen and oxygen atoms in total. The van der Waals surface area contributed by atoms with Crippen LogP contribution in [0.2, 0.25) is 0 Å². The van der Waals surface area contributed by atoms with Crippen LogP contribution in [0.5, 0.6) is 0 Å². The summed E-state index contributed by atoms with van der Waals surface area (Å²) >= 11 is 0. The molecule has 2 aliphatic rings. The van der Waals surface area contributed by atoms with Crippen LogP contribution in [0.3, 0.4) is 0 Å². The Balaban J connectivity index is 1.53. The maximum absolute atomic E-state index is 11.6. The molecule has 128 valence electrons. The summed E-state index contributed by atoms with van der Waals surface area (Å²) in [5.74, 6) is 1.90. The van der Waals surface area contributed by atoms with Gasteiger partial charge in [0.1, 0.15) is 5.82 Å². The van der Waals surface area contributed by atoms with Crippen molar-refractivity contribution in [2.45, 2.75) is 58.0 Å². The number of aryl methyl sites for hydroxylation is 1. The largest absolute Gasteiger partial charge is 0.376 e. The van der Waals surface area contributed by atoms with Crippen molar-refractivity contribution in [3.8, 4) is 0 Å². The molecule has 0 aliphatic carbocycles. The second-order valence-corrected chi connectivity index (χ2v) is 7.80. The Labute approximate surface area is 138 Å². The van der Waals surface area contributed by atoms with E-state index in [0.717, 1.165) is 56.4 Å². The zero-order valence-corrected chi connectivity index (χ0v) is 14.6. The summed E-state index contributed by atoms with van der Waals surface area (Å²) < 4.78 is 5.82. The van der Waals surface area contributed by atoms with Gasteiger partial charge < -0.3 is 14.6 Å². The lowest BCUT2D eigenvalue weighted by atomic mass is 9.87. The normalized spacial score (nSPS) is 26.3. The fourth-order valence-electron chi connectivity index (χ4n) is 4.10. The molecule has 5 heteroatoms. The molecule has 0 spiro atoms. The van der Waals surface area contributed by atoms with Gasteiger partial charge in [-0.3, -0.25) is 4.79 Å². The van der Waals surface area contributed by atoms with Crippen molar-refractivity contribution in [1.82, 2.24) is 14.9 Å². The second kappa shape index (κ2) is 6.73. The summed E-state index contributed by atoms with van der Waals surface area (Å²) in [5.41, 5.74) is 0.978. The van der Waals surface area contributed by atoms with Crippen molar-refractivity contribution >= 4 is 0 Å². The molecule has 2 aliphatic heterocycles. The smallest absolute Gasteiger partial charge is 0.251 e. The van der Waals surface area contributed by atoms with Crippen LogP contribution in [0.4, 0.5) is 0 Å². The number of piperidine rings is 1. The minimum absolute atomic E-state index is 0.0284. The first-order valence-electron chi connectivity index (χ1n) is 8.85. The van der Waals surface area contributed by atoms with Gasteiger partial charge in [0.15, 0.2) is 0 Å². The Bertz CT molecular complexity index is 588. The molecule has 23 heavy (non-hydrogen) atoms. The zero-order chi connectivity index (χ0) is 16.4. The average Bonchev–Trinajstić information content (AvgIpc) is 2.46. The van der Waals surface area contributed by atoms with E-state index >= 15 is 0 Å². The molecule has 1 aromatic heterocycles. The third-order valence-corrected chi connectivity index (χ3v) is 5.20. The van der Waals surface area contributed by atoms with E-state index in [4.69, 9.17) is 4.74 Å². The van der Waals surface area contributed by atoms with E-state index in [9.17, 15) is 4.79 Å². The lowest BCUT2D eigenvalue weighted by Crippen LogP contribution is -2.42. The van der Waals surface area contributed by atoms with Gasteiger partial charge in [-0.25, -0.2) is 4.98 Å². The maximum Gasteiger partial charge on any atom is 0.251 e. The Kier molecular flexibility index (Phi) is 4.87. The fraction of sp³-hybridized carbons (Fsp3) is 0.778. The van der Waals surface area contributed by atoms with E-state index in [1.54, 1.807) is 6.07 Å². The first-order valence-corrected chi connectivity index (χ1v) is 8.85. The van der Waals surface area contributed by atoms with Crippen LogP contribution in [0.15, 0.2) is 10.9 Å². The predicted octanol–water partition coefficient (Wildman–Crippen LogP) is 2.46. The summed E-state index contributed by atoms with van der Waals surface area (Å²) in [6.45, 7) is 10.5. The molecule has 0 bridgehead atoms. The Hall–Kier alpha value is -1.20. The van der Waals surface area contributed by atoms with Gasteiger partial charge in [-0.15, -0.1) is 0 Å². The number of aromatic nitrogens is 2. The molecule has 0 unspecified atom stereocenters. The van der Waals surface area contributed by atoms with Crippen LogP contribution in [0.25, 0.3) is 0 Å². The Morgan fingerprint density at radius 3 is 2.74 bits per heavy atom. The van der Waals surface area contributed by atoms with Gasteiger partial charge in [0, 0.05) is 25.1 Å². The van der Waals surface area contributed by atoms with Gasteiger partial charge in [0.05, 0.1) is 11.3 Å². The van der Waals surface area contributed by atoms with Crippen LogP contribution < -0.4 is 5.56 Å². The molecule has 1 N–H and O–H groups in total. The molecular weight excluding hydrogens is 290 g/mol. The highest BCUT2D eigenvalue weighted by Crippen LogP contribution is 2.31. The minimum Gasteiger partial charge on any atom is -0.376 e. The van der Waals surface area contributed by atoms with Crippen molar-refractivity contribution in [3.05, 3.63) is 27.9 Å². The van der Waals surface area contributed by atoms with Crippen LogP contribution in [-0.4, -0.2) is 46.7 Å². The Morgan fingerprint density at radius 2 is 2.09 bits per heavy atom. The van der Waals surface area contributed by atoms with Crippen molar-refractivity contribution in [2.75, 3.05) is 26.2 Å². The van der Waals surface area contributed by atoms with Gasteiger partial charge in [0.2, 0.25) is 0 Å². The van der Waals surface area contributed by atoms with Gasteiger partial charge >= 0.3 is 0 Å². The first kappa shape index (κ1) is 16.7. The van der Waals surface area contributed by atoms with Gasteiger partial charge in [-0.2, -0.15) is 0 Å². The number of hydrogen-bond acceptors (Lipinski definition) is 4. The number of H-pyrrole nitrogens is 1. The lowest BCUT2D eigenvalue weighted by molar-refractivity contribution is -0.0774. The van der Waals surface area contributed by atoms with Gasteiger partial charge in [-0.05, 0) is 65.5 Å². The summed E-state index contributed by atoms with van der Waals surface area (Å²) in [6.07, 6.45) is 4.53. The number of nitrogens with zero attached hydrogens (tertiary/aromatic N) is 2. The molecule has 2 fully saturated rings. The minimum atomic E-state index is -0.0284. The quantitative estimate of drug-likeness (QED) is 0.930. The molecule has 3 rings (SSSR count). The highest BCUT2D eigenvalue weighted by atomic mass is 16.5. The van der Waals surface area contributed by atoms with Gasteiger partial charge in [-0.1, -0.05) is 0 Å². The predicted molar refractivity (Wildman–Crippen MR) is 90.8 cm³/mol. The van der Waals surface area contributed by atoms with Crippen LogP contribution in [0, 0.1) is 12.8 Å². The summed E-state index contributed by atoms with van der Waals surface area (Å²) in [5, 5.41) is 0. The number of hydrogen-bond donors (Lipinski definition) is 1. The first-order chi connectivity index (χ1) is 10.9. The van der Waals surface area contributed by atoms with E-state index in [1.165, 1.54) is 13.0 Å². The van der Waals surface area contributed by atoms with E-state index in [1.807, 2.05) is 6.92 Å². The van der Waals surface area contributed by atoms with Crippen molar-refractivity contribution in [2.24, 2.45) is 5.92 Å². The molecule has 0 saturated carbocycles. The zero-order valence-electron chi connectivity index (χ0n) is 14.6. The molecule has 1 aromatic rings. The van der Waals surface area contributed by atoms with Crippen molar-refractivity contribution < 1.29 is 4.74 Å². The molecular formula is C18H29N3O2.